The maximum absolute atomic E-state index is 13.3. The Balaban J connectivity index is 2.21. The highest BCUT2D eigenvalue weighted by molar-refractivity contribution is 6.04. The molecule has 0 unspecified atom stereocenters. The maximum atomic E-state index is 13.3. The molecule has 3 N–H and O–H groups in total. The number of nitrogens with one attached hydrogen (secondary N) is 1. The zero-order chi connectivity index (χ0) is 14.7. The van der Waals surface area contributed by atoms with Crippen molar-refractivity contribution >= 4 is 17.3 Å². The number of hydrogen-bond acceptors (Lipinski definition) is 3. The predicted molar refractivity (Wildman–Crippen MR) is 71.7 cm³/mol. The third-order valence-electron chi connectivity index (χ3n) is 2.67. The van der Waals surface area contributed by atoms with Gasteiger partial charge in [-0.05, 0) is 36.4 Å². The van der Waals surface area contributed by atoms with E-state index in [-0.39, 0.29) is 22.7 Å². The van der Waals surface area contributed by atoms with Crippen LogP contribution in [0, 0.1) is 11.6 Å². The van der Waals surface area contributed by atoms with E-state index in [9.17, 15) is 13.6 Å². The van der Waals surface area contributed by atoms with E-state index < -0.39 is 17.5 Å². The molecule has 0 saturated heterocycles. The number of ether oxygens (including phenoxy) is 1. The first-order valence-corrected chi connectivity index (χ1v) is 5.71. The fourth-order valence-electron chi connectivity index (χ4n) is 1.61. The SMILES string of the molecule is COc1cc(C(=O)Nc2ccc(N)c(F)c2)ccc1F. The van der Waals surface area contributed by atoms with Crippen molar-refractivity contribution in [3.05, 3.63) is 53.6 Å². The number of nitrogens with two attached hydrogens (primary N) is 1. The number of amides is 1. The van der Waals surface area contributed by atoms with E-state index in [1.807, 2.05) is 0 Å². The minimum atomic E-state index is -0.625. The molecule has 0 heterocycles. The lowest BCUT2D eigenvalue weighted by atomic mass is 10.2. The summed E-state index contributed by atoms with van der Waals surface area (Å²) in [6, 6.07) is 7.61. The molecule has 6 heteroatoms. The second-order valence-corrected chi connectivity index (χ2v) is 4.04. The van der Waals surface area contributed by atoms with E-state index >= 15 is 0 Å². The largest absolute Gasteiger partial charge is 0.494 e. The number of benzene rings is 2. The monoisotopic (exact) mass is 278 g/mol. The van der Waals surface area contributed by atoms with Crippen LogP contribution >= 0.6 is 0 Å². The molecule has 0 radical (unpaired) electrons. The predicted octanol–water partition coefficient (Wildman–Crippen LogP) is 2.81. The van der Waals surface area contributed by atoms with Crippen molar-refractivity contribution in [2.75, 3.05) is 18.2 Å². The summed E-state index contributed by atoms with van der Waals surface area (Å²) in [5.74, 6) is -1.74. The molecule has 2 aromatic rings. The van der Waals surface area contributed by atoms with Gasteiger partial charge in [-0.25, -0.2) is 8.78 Å². The highest BCUT2D eigenvalue weighted by Crippen LogP contribution is 2.20. The lowest BCUT2D eigenvalue weighted by Gasteiger charge is -2.08. The summed E-state index contributed by atoms with van der Waals surface area (Å²) in [5, 5.41) is 2.48. The second kappa shape index (κ2) is 5.56. The van der Waals surface area contributed by atoms with Crippen molar-refractivity contribution in [3.63, 3.8) is 0 Å². The van der Waals surface area contributed by atoms with Crippen molar-refractivity contribution in [2.45, 2.75) is 0 Å². The Morgan fingerprint density at radius 3 is 2.55 bits per heavy atom. The fraction of sp³-hybridized carbons (Fsp3) is 0.0714. The van der Waals surface area contributed by atoms with Crippen molar-refractivity contribution in [1.29, 1.82) is 0 Å². The molecule has 4 nitrogen and oxygen atoms in total. The molecular weight excluding hydrogens is 266 g/mol. The summed E-state index contributed by atoms with van der Waals surface area (Å²) in [4.78, 5) is 11.9. The molecule has 0 bridgehead atoms. The number of halogens is 2. The summed E-state index contributed by atoms with van der Waals surface area (Å²) in [6.45, 7) is 0. The first-order valence-electron chi connectivity index (χ1n) is 5.71. The van der Waals surface area contributed by atoms with Crippen LogP contribution in [0.25, 0.3) is 0 Å². The number of carbonyl (C=O) groups excluding carboxylic acids is 1. The van der Waals surface area contributed by atoms with Gasteiger partial charge >= 0.3 is 0 Å². The lowest BCUT2D eigenvalue weighted by molar-refractivity contribution is 0.102. The van der Waals surface area contributed by atoms with Gasteiger partial charge in [-0.3, -0.25) is 4.79 Å². The van der Waals surface area contributed by atoms with Crippen LogP contribution in [0.5, 0.6) is 5.75 Å². The van der Waals surface area contributed by atoms with Gasteiger partial charge < -0.3 is 15.8 Å². The Morgan fingerprint density at radius 2 is 1.90 bits per heavy atom. The molecule has 1 amide bonds. The van der Waals surface area contributed by atoms with Gasteiger partial charge in [0.1, 0.15) is 5.82 Å². The number of methoxy groups -OCH3 is 1. The minimum Gasteiger partial charge on any atom is -0.494 e. The third-order valence-corrected chi connectivity index (χ3v) is 2.67. The van der Waals surface area contributed by atoms with E-state index in [1.54, 1.807) is 0 Å². The fourth-order valence-corrected chi connectivity index (χ4v) is 1.61. The second-order valence-electron chi connectivity index (χ2n) is 4.04. The summed E-state index contributed by atoms with van der Waals surface area (Å²) in [7, 11) is 1.30. The Kier molecular flexibility index (Phi) is 3.84. The Labute approximate surface area is 114 Å². The minimum absolute atomic E-state index is 0.00792. The Morgan fingerprint density at radius 1 is 1.15 bits per heavy atom. The van der Waals surface area contributed by atoms with Crippen LogP contribution in [-0.2, 0) is 0 Å². The average molecular weight is 278 g/mol. The van der Waals surface area contributed by atoms with Crippen LogP contribution in [0.3, 0.4) is 0 Å². The molecule has 0 aromatic heterocycles. The van der Waals surface area contributed by atoms with Crippen molar-refractivity contribution in [2.24, 2.45) is 0 Å². The van der Waals surface area contributed by atoms with Gasteiger partial charge in [0, 0.05) is 11.3 Å². The molecule has 0 aliphatic carbocycles. The molecule has 20 heavy (non-hydrogen) atoms. The third kappa shape index (κ3) is 2.85. The van der Waals surface area contributed by atoms with E-state index in [4.69, 9.17) is 10.5 Å². The molecule has 0 spiro atoms. The van der Waals surface area contributed by atoms with Gasteiger partial charge in [-0.1, -0.05) is 0 Å². The lowest BCUT2D eigenvalue weighted by Crippen LogP contribution is -2.12. The summed E-state index contributed by atoms with van der Waals surface area (Å²) in [5.41, 5.74) is 5.78. The zero-order valence-electron chi connectivity index (χ0n) is 10.6. The summed E-state index contributed by atoms with van der Waals surface area (Å²) >= 11 is 0. The zero-order valence-corrected chi connectivity index (χ0v) is 10.6. The van der Waals surface area contributed by atoms with Crippen molar-refractivity contribution in [1.82, 2.24) is 0 Å². The van der Waals surface area contributed by atoms with Crippen LogP contribution in [0.4, 0.5) is 20.2 Å². The smallest absolute Gasteiger partial charge is 0.255 e. The Bertz CT molecular complexity index is 660. The summed E-state index contributed by atoms with van der Waals surface area (Å²) in [6.07, 6.45) is 0. The van der Waals surface area contributed by atoms with Gasteiger partial charge in [0.2, 0.25) is 0 Å². The molecule has 0 aliphatic heterocycles. The highest BCUT2D eigenvalue weighted by Gasteiger charge is 2.11. The molecule has 2 rings (SSSR count). The molecule has 104 valence electrons. The van der Waals surface area contributed by atoms with Gasteiger partial charge in [0.05, 0.1) is 12.8 Å². The van der Waals surface area contributed by atoms with E-state index in [0.717, 1.165) is 12.1 Å². The standard InChI is InChI=1S/C14H12F2N2O2/c1-20-13-6-8(2-4-10(13)15)14(19)18-9-3-5-12(17)11(16)7-9/h2-7H,17H2,1H3,(H,18,19). The van der Waals surface area contributed by atoms with Gasteiger partial charge in [0.15, 0.2) is 11.6 Å². The van der Waals surface area contributed by atoms with E-state index in [2.05, 4.69) is 5.32 Å². The molecule has 0 fully saturated rings. The van der Waals surface area contributed by atoms with Crippen molar-refractivity contribution < 1.29 is 18.3 Å². The summed E-state index contributed by atoms with van der Waals surface area (Å²) < 4.78 is 31.3. The number of anilines is 2. The van der Waals surface area contributed by atoms with Gasteiger partial charge in [-0.15, -0.1) is 0 Å². The molecule has 0 saturated carbocycles. The Hall–Kier alpha value is -2.63. The van der Waals surface area contributed by atoms with Gasteiger partial charge in [0.25, 0.3) is 5.91 Å². The average Bonchev–Trinajstić information content (AvgIpc) is 2.43. The first kappa shape index (κ1) is 13.8. The van der Waals surface area contributed by atoms with Crippen LogP contribution in [0.15, 0.2) is 36.4 Å². The first-order chi connectivity index (χ1) is 9.51. The molecule has 2 aromatic carbocycles. The van der Waals surface area contributed by atoms with E-state index in [1.165, 1.54) is 31.4 Å². The van der Waals surface area contributed by atoms with E-state index in [0.29, 0.717) is 0 Å². The number of nitrogen functional groups attached to an aromatic ring is 1. The van der Waals surface area contributed by atoms with Gasteiger partial charge in [-0.2, -0.15) is 0 Å². The molecule has 0 aliphatic rings. The number of carbonyl (C=O) groups is 1. The topological polar surface area (TPSA) is 64.3 Å². The van der Waals surface area contributed by atoms with Crippen LogP contribution in [-0.4, -0.2) is 13.0 Å². The normalized spacial score (nSPS) is 10.2. The molecular formula is C14H12F2N2O2. The van der Waals surface area contributed by atoms with Crippen LogP contribution < -0.4 is 15.8 Å². The maximum Gasteiger partial charge on any atom is 0.255 e. The van der Waals surface area contributed by atoms with Crippen LogP contribution in [0.1, 0.15) is 10.4 Å². The number of hydrogen-bond donors (Lipinski definition) is 2. The quantitative estimate of drug-likeness (QED) is 0.848. The highest BCUT2D eigenvalue weighted by atomic mass is 19.1. The van der Waals surface area contributed by atoms with Crippen LogP contribution in [0.2, 0.25) is 0 Å². The molecule has 0 atom stereocenters. The number of rotatable bonds is 3. The van der Waals surface area contributed by atoms with Crippen molar-refractivity contribution in [3.8, 4) is 5.75 Å².